The Hall–Kier alpha value is -3.89. The second kappa shape index (κ2) is 12.4. The lowest BCUT2D eigenvalue weighted by Gasteiger charge is -2.46. The van der Waals surface area contributed by atoms with Crippen LogP contribution in [0, 0.1) is 0 Å². The zero-order valence-electron chi connectivity index (χ0n) is 25.5. The topological polar surface area (TPSA) is 102 Å². The van der Waals surface area contributed by atoms with Crippen molar-refractivity contribution in [3.05, 3.63) is 82.2 Å². The lowest BCUT2D eigenvalue weighted by Crippen LogP contribution is -2.56. The molecule has 2 aliphatic rings. The predicted octanol–water partition coefficient (Wildman–Crippen LogP) is 5.62. The van der Waals surface area contributed by atoms with Gasteiger partial charge in [0.15, 0.2) is 0 Å². The lowest BCUT2D eigenvalue weighted by molar-refractivity contribution is 0.0336. The number of halogens is 1. The average molecular weight is 607 g/mol. The molecule has 1 aliphatic heterocycles. The molecular weight excluding hydrogens is 568 g/mol. The summed E-state index contributed by atoms with van der Waals surface area (Å²) >= 11 is 6.67. The van der Waals surface area contributed by atoms with Gasteiger partial charge < -0.3 is 24.3 Å². The summed E-state index contributed by atoms with van der Waals surface area (Å²) in [5, 5.41) is 3.67. The molecule has 1 fully saturated rings. The minimum atomic E-state index is -0.682. The van der Waals surface area contributed by atoms with E-state index in [4.69, 9.17) is 26.1 Å². The highest BCUT2D eigenvalue weighted by Crippen LogP contribution is 2.47. The molecule has 0 bridgehead atoms. The van der Waals surface area contributed by atoms with Gasteiger partial charge in [-0.15, -0.1) is 0 Å². The third kappa shape index (κ3) is 6.12. The quantitative estimate of drug-likeness (QED) is 0.388. The zero-order valence-corrected chi connectivity index (χ0v) is 26.3. The van der Waals surface area contributed by atoms with Gasteiger partial charge in [0.1, 0.15) is 0 Å². The van der Waals surface area contributed by atoms with E-state index in [1.807, 2.05) is 69.6 Å². The van der Waals surface area contributed by atoms with Crippen LogP contribution in [0.2, 0.25) is 5.02 Å². The molecular formula is C32H39ClN6O4. The summed E-state index contributed by atoms with van der Waals surface area (Å²) in [7, 11) is 1.89. The maximum atomic E-state index is 13.1. The molecule has 5 rings (SSSR count). The van der Waals surface area contributed by atoms with E-state index in [2.05, 4.69) is 28.2 Å². The Bertz CT molecular complexity index is 1530. The Morgan fingerprint density at radius 2 is 1.77 bits per heavy atom. The van der Waals surface area contributed by atoms with Gasteiger partial charge in [0.05, 0.1) is 47.7 Å². The molecule has 3 heterocycles. The van der Waals surface area contributed by atoms with Crippen LogP contribution < -0.4 is 5.32 Å². The highest BCUT2D eigenvalue weighted by Gasteiger charge is 2.44. The zero-order chi connectivity index (χ0) is 30.9. The first-order valence-corrected chi connectivity index (χ1v) is 15.0. The molecule has 2 amide bonds. The number of carbonyl (C=O) groups excluding carboxylic acids is 2. The highest BCUT2D eigenvalue weighted by molar-refractivity contribution is 6.30. The number of imidazole rings is 1. The van der Waals surface area contributed by atoms with Gasteiger partial charge in [-0.1, -0.05) is 23.7 Å². The number of benzene rings is 1. The molecule has 43 heavy (non-hydrogen) atoms. The molecule has 3 aromatic rings. The number of piperazine rings is 1. The first kappa shape index (κ1) is 30.6. The predicted molar refractivity (Wildman–Crippen MR) is 165 cm³/mol. The molecule has 1 aromatic carbocycles. The number of pyridine rings is 1. The van der Waals surface area contributed by atoms with Crippen LogP contribution in [-0.2, 0) is 22.1 Å². The molecule has 2 aromatic heterocycles. The minimum Gasteiger partial charge on any atom is -0.447 e. The molecule has 1 aliphatic carbocycles. The second-order valence-corrected chi connectivity index (χ2v) is 12.1. The van der Waals surface area contributed by atoms with Crippen molar-refractivity contribution in [2.75, 3.05) is 26.2 Å². The van der Waals surface area contributed by atoms with E-state index in [9.17, 15) is 9.59 Å². The van der Waals surface area contributed by atoms with Crippen LogP contribution in [0.1, 0.15) is 68.7 Å². The van der Waals surface area contributed by atoms with Crippen molar-refractivity contribution in [2.45, 2.75) is 58.4 Å². The van der Waals surface area contributed by atoms with Crippen molar-refractivity contribution in [1.29, 1.82) is 0 Å². The smallest absolute Gasteiger partial charge is 0.410 e. The van der Waals surface area contributed by atoms with Gasteiger partial charge in [-0.05, 0) is 81.2 Å². The van der Waals surface area contributed by atoms with E-state index in [0.29, 0.717) is 31.2 Å². The number of ether oxygens (including phenoxy) is 2. The van der Waals surface area contributed by atoms with Crippen LogP contribution in [0.3, 0.4) is 0 Å². The molecule has 228 valence electrons. The third-order valence-electron chi connectivity index (χ3n) is 8.00. The lowest BCUT2D eigenvalue weighted by atomic mass is 9.81. The van der Waals surface area contributed by atoms with E-state index in [-0.39, 0.29) is 18.3 Å². The van der Waals surface area contributed by atoms with Gasteiger partial charge in [-0.3, -0.25) is 9.88 Å². The van der Waals surface area contributed by atoms with Crippen LogP contribution in [0.4, 0.5) is 9.59 Å². The number of nitrogens with zero attached hydrogens (tertiary/aromatic N) is 5. The summed E-state index contributed by atoms with van der Waals surface area (Å²) < 4.78 is 12.9. The number of hydrogen-bond donors (Lipinski definition) is 1. The number of fused-ring (bicyclic) bond motifs is 2. The van der Waals surface area contributed by atoms with Crippen molar-refractivity contribution in [2.24, 2.45) is 7.05 Å². The molecule has 0 spiro atoms. The van der Waals surface area contributed by atoms with Crippen molar-refractivity contribution in [3.8, 4) is 0 Å². The Balaban J connectivity index is 1.64. The summed E-state index contributed by atoms with van der Waals surface area (Å²) in [6, 6.07) is 9.23. The fourth-order valence-electron chi connectivity index (χ4n) is 5.99. The number of alkyl carbamates (subject to hydrolysis) is 1. The summed E-state index contributed by atoms with van der Waals surface area (Å²) in [6.45, 7) is 11.8. The standard InChI is InChI=1S/C32H39ClN6O4/c1-20(2)42-30(40)36-28(27-18-34-19-37(27)6)25-16-22-8-7-11-35-29(22)32(5,26-10-9-23(33)17-24(25)26)39-14-12-38(13-15-39)31(41)43-21(3)4/h7-11,16-21,28H,12-15H2,1-6H3,(H,36,40)/t28?,32-/m1/s1. The van der Waals surface area contributed by atoms with E-state index in [1.54, 1.807) is 23.6 Å². The van der Waals surface area contributed by atoms with Crippen LogP contribution in [0.5, 0.6) is 0 Å². The van der Waals surface area contributed by atoms with Crippen LogP contribution in [0.15, 0.2) is 49.1 Å². The monoisotopic (exact) mass is 606 g/mol. The Morgan fingerprint density at radius 3 is 2.42 bits per heavy atom. The number of aryl methyl sites for hydroxylation is 1. The summed E-state index contributed by atoms with van der Waals surface area (Å²) in [4.78, 5) is 39.1. The molecule has 1 N–H and O–H groups in total. The van der Waals surface area contributed by atoms with E-state index >= 15 is 0 Å². The van der Waals surface area contributed by atoms with E-state index < -0.39 is 17.7 Å². The van der Waals surface area contributed by atoms with Gasteiger partial charge in [0.2, 0.25) is 0 Å². The largest absolute Gasteiger partial charge is 0.447 e. The number of amides is 2. The maximum Gasteiger partial charge on any atom is 0.410 e. The minimum absolute atomic E-state index is 0.180. The first-order valence-electron chi connectivity index (χ1n) is 14.6. The average Bonchev–Trinajstić information content (AvgIpc) is 3.35. The van der Waals surface area contributed by atoms with Crippen LogP contribution >= 0.6 is 11.6 Å². The summed E-state index contributed by atoms with van der Waals surface area (Å²) in [5.41, 5.74) is 4.59. The Labute approximate surface area is 257 Å². The van der Waals surface area contributed by atoms with Crippen molar-refractivity contribution >= 4 is 35.4 Å². The van der Waals surface area contributed by atoms with Gasteiger partial charge in [0.25, 0.3) is 0 Å². The first-order chi connectivity index (χ1) is 20.5. The molecule has 2 atom stereocenters. The Kier molecular flexibility index (Phi) is 8.80. The number of carbonyl (C=O) groups is 2. The van der Waals surface area contributed by atoms with Crippen LogP contribution in [0.25, 0.3) is 11.6 Å². The number of nitrogens with one attached hydrogen (secondary N) is 1. The molecule has 0 saturated carbocycles. The fourth-order valence-corrected chi connectivity index (χ4v) is 6.16. The van der Waals surface area contributed by atoms with E-state index in [1.165, 1.54) is 0 Å². The maximum absolute atomic E-state index is 13.1. The number of aromatic nitrogens is 3. The van der Waals surface area contributed by atoms with Crippen LogP contribution in [-0.4, -0.2) is 74.9 Å². The molecule has 1 unspecified atom stereocenters. The Morgan fingerprint density at radius 1 is 1.05 bits per heavy atom. The fraction of sp³-hybridized carbons (Fsp3) is 0.438. The van der Waals surface area contributed by atoms with Crippen molar-refractivity contribution < 1.29 is 19.1 Å². The normalized spacial score (nSPS) is 19.3. The van der Waals surface area contributed by atoms with Gasteiger partial charge in [-0.25, -0.2) is 14.6 Å². The molecule has 1 saturated heterocycles. The second-order valence-electron chi connectivity index (χ2n) is 11.7. The summed E-state index contributed by atoms with van der Waals surface area (Å²) in [6.07, 6.45) is 6.03. The molecule has 11 heteroatoms. The number of hydrogen-bond acceptors (Lipinski definition) is 7. The third-order valence-corrected chi connectivity index (χ3v) is 8.24. The summed E-state index contributed by atoms with van der Waals surface area (Å²) in [5.74, 6) is 0. The van der Waals surface area contributed by atoms with Gasteiger partial charge in [-0.2, -0.15) is 0 Å². The number of rotatable bonds is 6. The molecule has 10 nitrogen and oxygen atoms in total. The molecule has 0 radical (unpaired) electrons. The SMILES string of the molecule is CC(C)OC(=O)NC(C1=Cc2cccnc2[C@](C)(N2CCN(C(=O)OC(C)C)CC2)c2ccc(Cl)cc21)c1cncn1C. The van der Waals surface area contributed by atoms with E-state index in [0.717, 1.165) is 33.7 Å². The van der Waals surface area contributed by atoms with Gasteiger partial charge >= 0.3 is 12.2 Å². The van der Waals surface area contributed by atoms with Crippen molar-refractivity contribution in [3.63, 3.8) is 0 Å². The van der Waals surface area contributed by atoms with Crippen molar-refractivity contribution in [1.82, 2.24) is 29.7 Å². The van der Waals surface area contributed by atoms with Gasteiger partial charge in [0, 0.05) is 44.4 Å². The highest BCUT2D eigenvalue weighted by atomic mass is 35.5.